The Bertz CT molecular complexity index is 1820. The van der Waals surface area contributed by atoms with Crippen LogP contribution in [0.15, 0.2) is 67.0 Å². The average molecular weight is 724 g/mol. The number of ether oxygens (including phenoxy) is 3. The zero-order valence-electron chi connectivity index (χ0n) is 27.8. The summed E-state index contributed by atoms with van der Waals surface area (Å²) < 4.78 is 18.3. The van der Waals surface area contributed by atoms with E-state index in [0.29, 0.717) is 52.1 Å². The van der Waals surface area contributed by atoms with Crippen LogP contribution in [0.4, 0.5) is 0 Å². The van der Waals surface area contributed by atoms with Crippen LogP contribution in [0.2, 0.25) is 10.0 Å². The van der Waals surface area contributed by atoms with Crippen LogP contribution in [0, 0.1) is 18.3 Å². The Hall–Kier alpha value is -4.41. The van der Waals surface area contributed by atoms with Crippen molar-refractivity contribution >= 4 is 29.2 Å². The molecule has 50 heavy (non-hydrogen) atoms. The zero-order valence-corrected chi connectivity index (χ0v) is 29.4. The molecule has 1 aromatic heterocycles. The number of pyridine rings is 1. The number of aromatic nitrogens is 1. The van der Waals surface area contributed by atoms with Gasteiger partial charge in [-0.2, -0.15) is 5.26 Å². The first-order valence-electron chi connectivity index (χ1n) is 15.9. The molecule has 0 fully saturated rings. The Morgan fingerprint density at radius 1 is 0.940 bits per heavy atom. The highest BCUT2D eigenvalue weighted by Gasteiger charge is 2.32. The largest absolute Gasteiger partial charge is 0.492 e. The molecule has 0 saturated heterocycles. The summed E-state index contributed by atoms with van der Waals surface area (Å²) in [6.07, 6.45) is 3.79. The number of hydrogen-bond donors (Lipinski definition) is 5. The maximum absolute atomic E-state index is 11.8. The lowest BCUT2D eigenvalue weighted by Crippen LogP contribution is -2.52. The van der Waals surface area contributed by atoms with E-state index in [2.05, 4.69) is 21.7 Å². The number of benzene rings is 3. The minimum Gasteiger partial charge on any atom is -0.492 e. The van der Waals surface area contributed by atoms with E-state index in [4.69, 9.17) is 42.5 Å². The molecule has 0 aliphatic rings. The van der Waals surface area contributed by atoms with Crippen molar-refractivity contribution in [1.29, 1.82) is 5.26 Å². The van der Waals surface area contributed by atoms with Gasteiger partial charge in [-0.05, 0) is 61.7 Å². The van der Waals surface area contributed by atoms with E-state index in [-0.39, 0.29) is 31.4 Å². The molecule has 1 heterocycles. The fourth-order valence-corrected chi connectivity index (χ4v) is 5.46. The molecule has 5 N–H and O–H groups in total. The van der Waals surface area contributed by atoms with Crippen LogP contribution in [0.5, 0.6) is 17.2 Å². The van der Waals surface area contributed by atoms with Gasteiger partial charge in [-0.1, -0.05) is 53.5 Å². The molecule has 0 aliphatic carbocycles. The molecule has 0 radical (unpaired) electrons. The molecule has 4 aromatic rings. The maximum Gasteiger partial charge on any atom is 0.326 e. The first kappa shape index (κ1) is 38.4. The number of aliphatic hydroxyl groups is 2. The number of nitrogens with one attached hydrogen (secondary N) is 2. The normalized spacial score (nSPS) is 12.2. The Kier molecular flexibility index (Phi) is 14.2. The van der Waals surface area contributed by atoms with Crippen LogP contribution in [0.3, 0.4) is 0 Å². The number of halogens is 2. The van der Waals surface area contributed by atoms with Crippen LogP contribution in [0.25, 0.3) is 11.1 Å². The van der Waals surface area contributed by atoms with Gasteiger partial charge in [0.2, 0.25) is 0 Å². The number of carboxylic acids is 1. The van der Waals surface area contributed by atoms with Crippen molar-refractivity contribution in [2.75, 3.05) is 32.9 Å². The first-order chi connectivity index (χ1) is 24.1. The number of aliphatic carboxylic acids is 1. The van der Waals surface area contributed by atoms with Gasteiger partial charge in [0.15, 0.2) is 0 Å². The van der Waals surface area contributed by atoms with Crippen LogP contribution in [0.1, 0.15) is 41.2 Å². The summed E-state index contributed by atoms with van der Waals surface area (Å²) in [7, 11) is 0. The van der Waals surface area contributed by atoms with Gasteiger partial charge in [0, 0.05) is 48.2 Å². The maximum atomic E-state index is 11.8. The highest BCUT2D eigenvalue weighted by molar-refractivity contribution is 6.35. The third-order valence-electron chi connectivity index (χ3n) is 8.02. The molecule has 3 aromatic carbocycles. The SMILES string of the molecule is Cc1c(COc2cc(OCc3cncc(C#N)c3)c(CN[C@@](C)(CO)C(=O)O)cc2Cl)cccc1-c1cccc(OCCCNCCO)c1Cl. The summed E-state index contributed by atoms with van der Waals surface area (Å²) in [6, 6.07) is 18.5. The number of nitriles is 1. The third kappa shape index (κ3) is 10.1. The second kappa shape index (κ2) is 18.5. The van der Waals surface area contributed by atoms with Crippen molar-refractivity contribution in [3.05, 3.63) is 105 Å². The Morgan fingerprint density at radius 2 is 1.70 bits per heavy atom. The lowest BCUT2D eigenvalue weighted by atomic mass is 9.96. The number of rotatable bonds is 19. The summed E-state index contributed by atoms with van der Waals surface area (Å²) >= 11 is 13.5. The van der Waals surface area contributed by atoms with Crippen molar-refractivity contribution in [1.82, 2.24) is 15.6 Å². The highest BCUT2D eigenvalue weighted by Crippen LogP contribution is 2.38. The lowest BCUT2D eigenvalue weighted by molar-refractivity contribution is -0.145. The van der Waals surface area contributed by atoms with Crippen LogP contribution >= 0.6 is 23.2 Å². The molecule has 0 unspecified atom stereocenters. The van der Waals surface area contributed by atoms with Crippen molar-refractivity contribution in [2.45, 2.75) is 45.6 Å². The molecule has 0 saturated carbocycles. The van der Waals surface area contributed by atoms with Gasteiger partial charge < -0.3 is 34.8 Å². The second-order valence-corrected chi connectivity index (χ2v) is 12.5. The fourth-order valence-electron chi connectivity index (χ4n) is 4.94. The van der Waals surface area contributed by atoms with E-state index in [1.807, 2.05) is 43.3 Å². The smallest absolute Gasteiger partial charge is 0.326 e. The highest BCUT2D eigenvalue weighted by atomic mass is 35.5. The summed E-state index contributed by atoms with van der Waals surface area (Å²) in [5.41, 5.74) is 3.55. The predicted octanol–water partition coefficient (Wildman–Crippen LogP) is 5.67. The van der Waals surface area contributed by atoms with Crippen molar-refractivity contribution < 1.29 is 34.3 Å². The Morgan fingerprint density at radius 3 is 2.44 bits per heavy atom. The standard InChI is InChI=1S/C37H40Cl2N4O7/c1-24-27(6-3-7-29(24)30-8-4-9-32(35(30)39)48-13-5-10-41-11-12-44)22-50-34-16-33(49-21-26-14-25(17-40)18-42-19-26)28(15-31(34)38)20-43-37(2,23-45)36(46)47/h3-4,6-9,14-16,18-19,41,43-45H,5,10-13,20-23H2,1-2H3,(H,46,47)/t37-/m0/s1. The molecule has 0 amide bonds. The molecule has 4 rings (SSSR count). The Balaban J connectivity index is 1.55. The molecule has 0 bridgehead atoms. The van der Waals surface area contributed by atoms with E-state index in [1.165, 1.54) is 13.1 Å². The van der Waals surface area contributed by atoms with E-state index in [9.17, 15) is 20.3 Å². The number of hydrogen-bond acceptors (Lipinski definition) is 10. The van der Waals surface area contributed by atoms with Crippen molar-refractivity contribution in [2.24, 2.45) is 0 Å². The van der Waals surface area contributed by atoms with E-state index in [0.717, 1.165) is 35.2 Å². The number of aliphatic hydroxyl groups excluding tert-OH is 2. The van der Waals surface area contributed by atoms with Crippen LogP contribution in [-0.2, 0) is 24.6 Å². The third-order valence-corrected chi connectivity index (χ3v) is 8.70. The Labute approximate surface area is 301 Å². The number of nitrogens with zero attached hydrogens (tertiary/aromatic N) is 2. The zero-order chi connectivity index (χ0) is 36.1. The number of carboxylic acid groups (broad SMARTS) is 1. The van der Waals surface area contributed by atoms with Gasteiger partial charge in [0.25, 0.3) is 0 Å². The van der Waals surface area contributed by atoms with E-state index >= 15 is 0 Å². The molecular formula is C37H40Cl2N4O7. The van der Waals surface area contributed by atoms with Gasteiger partial charge in [-0.25, -0.2) is 0 Å². The average Bonchev–Trinajstić information content (AvgIpc) is 3.12. The monoisotopic (exact) mass is 722 g/mol. The van der Waals surface area contributed by atoms with Gasteiger partial charge >= 0.3 is 5.97 Å². The quantitative estimate of drug-likeness (QED) is 0.0757. The van der Waals surface area contributed by atoms with E-state index in [1.54, 1.807) is 24.4 Å². The molecule has 11 nitrogen and oxygen atoms in total. The summed E-state index contributed by atoms with van der Waals surface area (Å²) in [5.74, 6) is 0.0698. The minimum atomic E-state index is -1.60. The van der Waals surface area contributed by atoms with Gasteiger partial charge in [0.05, 0.1) is 35.4 Å². The van der Waals surface area contributed by atoms with Crippen LogP contribution < -0.4 is 24.8 Å². The first-order valence-corrected chi connectivity index (χ1v) is 16.7. The van der Waals surface area contributed by atoms with E-state index < -0.39 is 18.1 Å². The summed E-state index contributed by atoms with van der Waals surface area (Å²) in [6.45, 7) is 4.79. The van der Waals surface area contributed by atoms with Gasteiger partial charge in [-0.3, -0.25) is 15.1 Å². The van der Waals surface area contributed by atoms with Crippen LogP contribution in [-0.4, -0.2) is 64.7 Å². The van der Waals surface area contributed by atoms with Gasteiger partial charge in [0.1, 0.15) is 42.1 Å². The van der Waals surface area contributed by atoms with Crippen molar-refractivity contribution in [3.63, 3.8) is 0 Å². The molecule has 0 spiro atoms. The fraction of sp³-hybridized carbons (Fsp3) is 0.324. The minimum absolute atomic E-state index is 0.0144. The second-order valence-electron chi connectivity index (χ2n) is 11.7. The lowest BCUT2D eigenvalue weighted by Gasteiger charge is -2.25. The molecular weight excluding hydrogens is 683 g/mol. The number of carbonyl (C=O) groups is 1. The molecule has 1 atom stereocenters. The summed E-state index contributed by atoms with van der Waals surface area (Å²) in [5, 5.41) is 44.3. The van der Waals surface area contributed by atoms with Crippen molar-refractivity contribution in [3.8, 4) is 34.4 Å². The topological polar surface area (TPSA) is 166 Å². The van der Waals surface area contributed by atoms with Gasteiger partial charge in [-0.15, -0.1) is 0 Å². The summed E-state index contributed by atoms with van der Waals surface area (Å²) in [4.78, 5) is 15.9. The predicted molar refractivity (Wildman–Crippen MR) is 191 cm³/mol. The molecule has 0 aliphatic heterocycles. The molecule has 264 valence electrons. The molecule has 13 heteroatoms.